The summed E-state index contributed by atoms with van der Waals surface area (Å²) in [6.07, 6.45) is 0.873. The molecule has 0 amide bonds. The molecule has 0 saturated heterocycles. The predicted octanol–water partition coefficient (Wildman–Crippen LogP) is 2.98. The zero-order chi connectivity index (χ0) is 14.5. The first-order valence-electron chi connectivity index (χ1n) is 6.98. The monoisotopic (exact) mass is 275 g/mol. The molecule has 20 heavy (non-hydrogen) atoms. The Bertz CT molecular complexity index is 552. The maximum Gasteiger partial charge on any atom is 0.231 e. The average molecular weight is 275 g/mol. The fraction of sp³-hybridized carbons (Fsp3) is 0.467. The lowest BCUT2D eigenvalue weighted by Gasteiger charge is -2.13. The number of rotatable bonds is 6. The molecule has 2 aromatic rings. The van der Waals surface area contributed by atoms with Crippen LogP contribution >= 0.6 is 0 Å². The molecule has 2 N–H and O–H groups in total. The number of ether oxygens (including phenoxy) is 1. The van der Waals surface area contributed by atoms with Crippen LogP contribution in [0.4, 0.5) is 0 Å². The van der Waals surface area contributed by atoms with E-state index in [0.717, 1.165) is 17.7 Å². The minimum absolute atomic E-state index is 0.0111. The normalized spacial score (nSPS) is 14.0. The minimum Gasteiger partial charge on any atom is -0.494 e. The van der Waals surface area contributed by atoms with Crippen molar-refractivity contribution in [1.29, 1.82) is 0 Å². The van der Waals surface area contributed by atoms with Gasteiger partial charge in [0, 0.05) is 11.6 Å². The standard InChI is InChI=1S/C15H21N3O2/c1-4-13(10(3)16)15-17-14(18-20-15)11-7-6-8-12(9-11)19-5-2/h6-10,13H,4-5,16H2,1-3H3. The molecule has 2 rings (SSSR count). The van der Waals surface area contributed by atoms with Gasteiger partial charge in [-0.2, -0.15) is 4.98 Å². The summed E-state index contributed by atoms with van der Waals surface area (Å²) in [7, 11) is 0. The summed E-state index contributed by atoms with van der Waals surface area (Å²) in [5.74, 6) is 2.06. The van der Waals surface area contributed by atoms with Gasteiger partial charge in [0.2, 0.25) is 11.7 Å². The third kappa shape index (κ3) is 3.17. The van der Waals surface area contributed by atoms with Crippen LogP contribution in [0.25, 0.3) is 11.4 Å². The van der Waals surface area contributed by atoms with E-state index in [1.54, 1.807) is 0 Å². The van der Waals surface area contributed by atoms with Crippen molar-refractivity contribution in [1.82, 2.24) is 10.1 Å². The van der Waals surface area contributed by atoms with E-state index in [2.05, 4.69) is 17.1 Å². The van der Waals surface area contributed by atoms with Gasteiger partial charge >= 0.3 is 0 Å². The summed E-state index contributed by atoms with van der Waals surface area (Å²) in [5.41, 5.74) is 6.82. The molecule has 0 aliphatic carbocycles. The first-order valence-corrected chi connectivity index (χ1v) is 6.98. The molecule has 0 saturated carbocycles. The largest absolute Gasteiger partial charge is 0.494 e. The molecule has 1 aromatic carbocycles. The zero-order valence-corrected chi connectivity index (χ0v) is 12.2. The maximum atomic E-state index is 5.94. The predicted molar refractivity (Wildman–Crippen MR) is 77.6 cm³/mol. The second-order valence-electron chi connectivity index (χ2n) is 4.79. The van der Waals surface area contributed by atoms with Crippen LogP contribution in [0.15, 0.2) is 28.8 Å². The lowest BCUT2D eigenvalue weighted by atomic mass is 9.99. The highest BCUT2D eigenvalue weighted by atomic mass is 16.5. The highest BCUT2D eigenvalue weighted by Gasteiger charge is 2.21. The van der Waals surface area contributed by atoms with Crippen molar-refractivity contribution in [2.75, 3.05) is 6.61 Å². The van der Waals surface area contributed by atoms with Crippen LogP contribution in [-0.4, -0.2) is 22.8 Å². The van der Waals surface area contributed by atoms with Gasteiger partial charge in [-0.05, 0) is 32.4 Å². The summed E-state index contributed by atoms with van der Waals surface area (Å²) < 4.78 is 10.8. The van der Waals surface area contributed by atoms with Crippen molar-refractivity contribution in [3.8, 4) is 17.1 Å². The number of hydrogen-bond acceptors (Lipinski definition) is 5. The van der Waals surface area contributed by atoms with E-state index in [9.17, 15) is 0 Å². The topological polar surface area (TPSA) is 74.2 Å². The van der Waals surface area contributed by atoms with Crippen LogP contribution in [0.5, 0.6) is 5.75 Å². The molecule has 108 valence electrons. The molecule has 0 aliphatic rings. The van der Waals surface area contributed by atoms with Crippen molar-refractivity contribution in [3.05, 3.63) is 30.2 Å². The molecule has 0 bridgehead atoms. The van der Waals surface area contributed by atoms with Gasteiger partial charge in [-0.3, -0.25) is 0 Å². The average Bonchev–Trinajstić information content (AvgIpc) is 2.89. The molecule has 0 spiro atoms. The molecule has 5 heteroatoms. The summed E-state index contributed by atoms with van der Waals surface area (Å²) in [5, 5.41) is 4.04. The Hall–Kier alpha value is -1.88. The van der Waals surface area contributed by atoms with E-state index in [0.29, 0.717) is 18.3 Å². The maximum absolute atomic E-state index is 5.94. The van der Waals surface area contributed by atoms with E-state index in [-0.39, 0.29) is 12.0 Å². The third-order valence-electron chi connectivity index (χ3n) is 3.24. The summed E-state index contributed by atoms with van der Waals surface area (Å²) in [6, 6.07) is 7.65. The van der Waals surface area contributed by atoms with Crippen molar-refractivity contribution in [3.63, 3.8) is 0 Å². The van der Waals surface area contributed by atoms with Gasteiger partial charge in [0.05, 0.1) is 12.5 Å². The third-order valence-corrected chi connectivity index (χ3v) is 3.24. The van der Waals surface area contributed by atoms with Gasteiger partial charge in [0.1, 0.15) is 5.75 Å². The second kappa shape index (κ2) is 6.52. The van der Waals surface area contributed by atoms with Crippen molar-refractivity contribution in [2.24, 2.45) is 5.73 Å². The molecule has 1 heterocycles. The van der Waals surface area contributed by atoms with Crippen molar-refractivity contribution >= 4 is 0 Å². The van der Waals surface area contributed by atoms with Gasteiger partial charge in [0.15, 0.2) is 0 Å². The van der Waals surface area contributed by atoms with Crippen LogP contribution in [0.1, 0.15) is 39.0 Å². The lowest BCUT2D eigenvalue weighted by molar-refractivity contribution is 0.334. The van der Waals surface area contributed by atoms with Crippen LogP contribution in [0.2, 0.25) is 0 Å². The molecule has 2 atom stereocenters. The van der Waals surface area contributed by atoms with E-state index in [1.807, 2.05) is 38.1 Å². The highest BCUT2D eigenvalue weighted by molar-refractivity contribution is 5.56. The van der Waals surface area contributed by atoms with Gasteiger partial charge < -0.3 is 15.0 Å². The van der Waals surface area contributed by atoms with Crippen LogP contribution in [-0.2, 0) is 0 Å². The Morgan fingerprint density at radius 2 is 2.15 bits per heavy atom. The quantitative estimate of drug-likeness (QED) is 0.877. The van der Waals surface area contributed by atoms with E-state index in [4.69, 9.17) is 15.0 Å². The number of nitrogens with zero attached hydrogens (tertiary/aromatic N) is 2. The van der Waals surface area contributed by atoms with E-state index < -0.39 is 0 Å². The summed E-state index contributed by atoms with van der Waals surface area (Å²) in [6.45, 7) is 6.60. The van der Waals surface area contributed by atoms with E-state index >= 15 is 0 Å². The first kappa shape index (κ1) is 14.5. The Morgan fingerprint density at radius 3 is 2.80 bits per heavy atom. The van der Waals surface area contributed by atoms with Crippen LogP contribution < -0.4 is 10.5 Å². The number of aromatic nitrogens is 2. The zero-order valence-electron chi connectivity index (χ0n) is 12.2. The molecule has 5 nitrogen and oxygen atoms in total. The summed E-state index contributed by atoms with van der Waals surface area (Å²) >= 11 is 0. The molecular formula is C15H21N3O2. The fourth-order valence-electron chi connectivity index (χ4n) is 2.17. The fourth-order valence-corrected chi connectivity index (χ4v) is 2.17. The number of nitrogens with two attached hydrogens (primary N) is 1. The van der Waals surface area contributed by atoms with Gasteiger partial charge in [-0.1, -0.05) is 24.2 Å². The SMILES string of the molecule is CCOc1cccc(-c2noc(C(CC)C(C)N)n2)c1. The molecule has 1 aromatic heterocycles. The number of hydrogen-bond donors (Lipinski definition) is 1. The Morgan fingerprint density at radius 1 is 1.35 bits per heavy atom. The first-order chi connectivity index (χ1) is 9.65. The molecule has 0 aliphatic heterocycles. The molecule has 2 unspecified atom stereocenters. The Kier molecular flexibility index (Phi) is 4.74. The molecule has 0 radical (unpaired) electrons. The Labute approximate surface area is 119 Å². The molecular weight excluding hydrogens is 254 g/mol. The van der Waals surface area contributed by atoms with Gasteiger partial charge in [-0.25, -0.2) is 0 Å². The second-order valence-corrected chi connectivity index (χ2v) is 4.79. The summed E-state index contributed by atoms with van der Waals surface area (Å²) in [4.78, 5) is 4.46. The minimum atomic E-state index is -0.0111. The van der Waals surface area contributed by atoms with Crippen molar-refractivity contribution in [2.45, 2.75) is 39.2 Å². The van der Waals surface area contributed by atoms with Crippen LogP contribution in [0, 0.1) is 0 Å². The highest BCUT2D eigenvalue weighted by Crippen LogP contribution is 2.25. The number of benzene rings is 1. The van der Waals surface area contributed by atoms with Gasteiger partial charge in [-0.15, -0.1) is 0 Å². The van der Waals surface area contributed by atoms with Crippen LogP contribution in [0.3, 0.4) is 0 Å². The van der Waals surface area contributed by atoms with Gasteiger partial charge in [0.25, 0.3) is 0 Å². The molecule has 0 fully saturated rings. The smallest absolute Gasteiger partial charge is 0.231 e. The van der Waals surface area contributed by atoms with Crippen molar-refractivity contribution < 1.29 is 9.26 Å². The van der Waals surface area contributed by atoms with E-state index in [1.165, 1.54) is 0 Å². The Balaban J connectivity index is 2.26. The lowest BCUT2D eigenvalue weighted by Crippen LogP contribution is -2.24.